The number of nitrogens with zero attached hydrogens (tertiary/aromatic N) is 1. The van der Waals surface area contributed by atoms with Crippen molar-refractivity contribution in [1.82, 2.24) is 5.43 Å². The zero-order valence-electron chi connectivity index (χ0n) is 15.3. The molecule has 1 amide bonds. The Morgan fingerprint density at radius 1 is 1.18 bits per heavy atom. The van der Waals surface area contributed by atoms with E-state index in [1.54, 1.807) is 19.1 Å². The van der Waals surface area contributed by atoms with Gasteiger partial charge in [0.2, 0.25) is 0 Å². The maximum atomic E-state index is 12.2. The van der Waals surface area contributed by atoms with Crippen molar-refractivity contribution < 1.29 is 19.4 Å². The second-order valence-corrected chi connectivity index (χ2v) is 6.91. The SMILES string of the molecule is COc1cc(/C=N/NC(=O)C(C)Oc2ccc3ccccc3c2)cc(Br)c1O. The number of rotatable bonds is 6. The summed E-state index contributed by atoms with van der Waals surface area (Å²) < 4.78 is 11.3. The molecule has 28 heavy (non-hydrogen) atoms. The molecule has 0 aromatic heterocycles. The number of fused-ring (bicyclic) bond motifs is 1. The standard InChI is InChI=1S/C21H19BrN2O4/c1-13(28-17-8-7-15-5-3-4-6-16(15)11-17)21(26)24-23-12-14-9-18(22)20(25)19(10-14)27-2/h3-13,25H,1-2H3,(H,24,26)/b23-12+. The Hall–Kier alpha value is -3.06. The molecule has 0 aliphatic heterocycles. The Morgan fingerprint density at radius 2 is 1.93 bits per heavy atom. The molecule has 7 heteroatoms. The number of phenols is 1. The van der Waals surface area contributed by atoms with Crippen LogP contribution in [0, 0.1) is 0 Å². The van der Waals surface area contributed by atoms with Crippen molar-refractivity contribution >= 4 is 38.8 Å². The lowest BCUT2D eigenvalue weighted by atomic mass is 10.1. The van der Waals surface area contributed by atoms with Gasteiger partial charge in [-0.1, -0.05) is 30.3 Å². The van der Waals surface area contributed by atoms with Gasteiger partial charge < -0.3 is 14.6 Å². The number of halogens is 1. The minimum Gasteiger partial charge on any atom is -0.503 e. The van der Waals surface area contributed by atoms with Crippen LogP contribution < -0.4 is 14.9 Å². The second kappa shape index (κ2) is 8.75. The van der Waals surface area contributed by atoms with E-state index in [1.165, 1.54) is 13.3 Å². The number of hydrazone groups is 1. The average molecular weight is 443 g/mol. The molecule has 1 atom stereocenters. The first-order chi connectivity index (χ1) is 13.5. The summed E-state index contributed by atoms with van der Waals surface area (Å²) in [4.78, 5) is 12.2. The number of phenolic OH excluding ortho intramolecular Hbond substituents is 1. The zero-order valence-corrected chi connectivity index (χ0v) is 16.9. The molecule has 3 rings (SSSR count). The van der Waals surface area contributed by atoms with E-state index in [0.717, 1.165) is 10.8 Å². The lowest BCUT2D eigenvalue weighted by Crippen LogP contribution is -2.33. The Kier molecular flexibility index (Phi) is 6.16. The lowest BCUT2D eigenvalue weighted by Gasteiger charge is -2.13. The quantitative estimate of drug-likeness (QED) is 0.442. The first kappa shape index (κ1) is 19.7. The minimum absolute atomic E-state index is 0.00101. The van der Waals surface area contributed by atoms with Gasteiger partial charge in [-0.25, -0.2) is 5.43 Å². The van der Waals surface area contributed by atoms with Crippen molar-refractivity contribution in [3.63, 3.8) is 0 Å². The molecule has 1 unspecified atom stereocenters. The van der Waals surface area contributed by atoms with Crippen LogP contribution in [0.5, 0.6) is 17.2 Å². The topological polar surface area (TPSA) is 80.2 Å². The number of ether oxygens (including phenoxy) is 2. The molecule has 0 saturated heterocycles. The summed E-state index contributed by atoms with van der Waals surface area (Å²) in [6, 6.07) is 16.9. The van der Waals surface area contributed by atoms with Gasteiger partial charge in [0.1, 0.15) is 5.75 Å². The normalized spacial score (nSPS) is 12.1. The van der Waals surface area contributed by atoms with Crippen LogP contribution in [-0.4, -0.2) is 30.4 Å². The fourth-order valence-electron chi connectivity index (χ4n) is 2.58. The van der Waals surface area contributed by atoms with E-state index in [4.69, 9.17) is 9.47 Å². The number of hydrogen-bond acceptors (Lipinski definition) is 5. The monoisotopic (exact) mass is 442 g/mol. The number of carbonyl (C=O) groups excluding carboxylic acids is 1. The van der Waals surface area contributed by atoms with E-state index in [0.29, 0.717) is 21.5 Å². The van der Waals surface area contributed by atoms with E-state index in [9.17, 15) is 9.90 Å². The van der Waals surface area contributed by atoms with Gasteiger partial charge in [0.25, 0.3) is 5.91 Å². The van der Waals surface area contributed by atoms with Gasteiger partial charge in [-0.2, -0.15) is 5.10 Å². The molecule has 3 aromatic carbocycles. The molecule has 144 valence electrons. The Bertz CT molecular complexity index is 1040. The number of hydrogen-bond donors (Lipinski definition) is 2. The highest BCUT2D eigenvalue weighted by molar-refractivity contribution is 9.10. The van der Waals surface area contributed by atoms with Crippen molar-refractivity contribution in [1.29, 1.82) is 0 Å². The van der Waals surface area contributed by atoms with E-state index in [1.807, 2.05) is 42.5 Å². The molecule has 0 saturated carbocycles. The van der Waals surface area contributed by atoms with Crippen molar-refractivity contribution in [3.05, 3.63) is 64.6 Å². The molecule has 3 aromatic rings. The Morgan fingerprint density at radius 3 is 2.68 bits per heavy atom. The molecule has 0 heterocycles. The summed E-state index contributed by atoms with van der Waals surface area (Å²) in [5.74, 6) is 0.531. The molecular formula is C21H19BrN2O4. The minimum atomic E-state index is -0.723. The molecule has 0 aliphatic rings. The van der Waals surface area contributed by atoms with Crippen LogP contribution >= 0.6 is 15.9 Å². The van der Waals surface area contributed by atoms with Crippen LogP contribution in [0.2, 0.25) is 0 Å². The summed E-state index contributed by atoms with van der Waals surface area (Å²) in [7, 11) is 1.45. The van der Waals surface area contributed by atoms with Crippen LogP contribution in [0.25, 0.3) is 10.8 Å². The third kappa shape index (κ3) is 4.61. The molecule has 2 N–H and O–H groups in total. The smallest absolute Gasteiger partial charge is 0.280 e. The number of amides is 1. The van der Waals surface area contributed by atoms with Crippen LogP contribution in [0.3, 0.4) is 0 Å². The van der Waals surface area contributed by atoms with Crippen LogP contribution in [0.4, 0.5) is 0 Å². The van der Waals surface area contributed by atoms with Gasteiger partial charge in [0.15, 0.2) is 17.6 Å². The van der Waals surface area contributed by atoms with Crippen LogP contribution in [0.15, 0.2) is 64.2 Å². The van der Waals surface area contributed by atoms with Gasteiger partial charge in [-0.15, -0.1) is 0 Å². The van der Waals surface area contributed by atoms with Crippen LogP contribution in [0.1, 0.15) is 12.5 Å². The largest absolute Gasteiger partial charge is 0.503 e. The van der Waals surface area contributed by atoms with Gasteiger partial charge >= 0.3 is 0 Å². The second-order valence-electron chi connectivity index (χ2n) is 6.06. The molecular weight excluding hydrogens is 424 g/mol. The summed E-state index contributed by atoms with van der Waals surface area (Å²) in [5.41, 5.74) is 3.09. The fraction of sp³-hybridized carbons (Fsp3) is 0.143. The van der Waals surface area contributed by atoms with Crippen molar-refractivity contribution in [3.8, 4) is 17.2 Å². The summed E-state index contributed by atoms with van der Waals surface area (Å²) in [6.07, 6.45) is 0.729. The zero-order chi connectivity index (χ0) is 20.1. The lowest BCUT2D eigenvalue weighted by molar-refractivity contribution is -0.127. The first-order valence-corrected chi connectivity index (χ1v) is 9.32. The molecule has 0 radical (unpaired) electrons. The third-order valence-corrected chi connectivity index (χ3v) is 4.67. The molecule has 0 spiro atoms. The summed E-state index contributed by atoms with van der Waals surface area (Å²) >= 11 is 3.24. The Labute approximate surface area is 170 Å². The van der Waals surface area contributed by atoms with Crippen molar-refractivity contribution in [2.24, 2.45) is 5.10 Å². The number of aromatic hydroxyl groups is 1. The average Bonchev–Trinajstić information content (AvgIpc) is 2.70. The highest BCUT2D eigenvalue weighted by Crippen LogP contribution is 2.34. The molecule has 0 aliphatic carbocycles. The van der Waals surface area contributed by atoms with E-state index in [-0.39, 0.29) is 11.7 Å². The first-order valence-electron chi connectivity index (χ1n) is 8.53. The van der Waals surface area contributed by atoms with Crippen molar-refractivity contribution in [2.75, 3.05) is 7.11 Å². The summed E-state index contributed by atoms with van der Waals surface area (Å²) in [6.45, 7) is 1.65. The predicted octanol–water partition coefficient (Wildman–Crippen LogP) is 4.23. The van der Waals surface area contributed by atoms with Crippen molar-refractivity contribution in [2.45, 2.75) is 13.0 Å². The van der Waals surface area contributed by atoms with E-state index < -0.39 is 6.10 Å². The van der Waals surface area contributed by atoms with Gasteiger partial charge in [0.05, 0.1) is 17.8 Å². The maximum absolute atomic E-state index is 12.2. The molecule has 0 fully saturated rings. The van der Waals surface area contributed by atoms with Crippen LogP contribution in [-0.2, 0) is 4.79 Å². The van der Waals surface area contributed by atoms with Gasteiger partial charge in [-0.05, 0) is 63.5 Å². The number of carbonyl (C=O) groups is 1. The predicted molar refractivity (Wildman–Crippen MR) is 112 cm³/mol. The summed E-state index contributed by atoms with van der Waals surface area (Å²) in [5, 5.41) is 15.9. The van der Waals surface area contributed by atoms with E-state index >= 15 is 0 Å². The maximum Gasteiger partial charge on any atom is 0.280 e. The number of benzene rings is 3. The highest BCUT2D eigenvalue weighted by atomic mass is 79.9. The Balaban J connectivity index is 1.62. The number of nitrogens with one attached hydrogen (secondary N) is 1. The number of methoxy groups -OCH3 is 1. The third-order valence-electron chi connectivity index (χ3n) is 4.06. The highest BCUT2D eigenvalue weighted by Gasteiger charge is 2.14. The van der Waals surface area contributed by atoms with Gasteiger partial charge in [-0.3, -0.25) is 4.79 Å². The fourth-order valence-corrected chi connectivity index (χ4v) is 3.04. The molecule has 0 bridgehead atoms. The molecule has 6 nitrogen and oxygen atoms in total. The van der Waals surface area contributed by atoms with Gasteiger partial charge in [0, 0.05) is 0 Å². The van der Waals surface area contributed by atoms with E-state index in [2.05, 4.69) is 26.5 Å².